The minimum atomic E-state index is -0.878. The van der Waals surface area contributed by atoms with Crippen LogP contribution in [0.4, 0.5) is 5.69 Å². The van der Waals surface area contributed by atoms with Gasteiger partial charge >= 0.3 is 11.8 Å². The summed E-state index contributed by atoms with van der Waals surface area (Å²) >= 11 is 5.98. The Morgan fingerprint density at radius 1 is 1.08 bits per heavy atom. The molecule has 6 heteroatoms. The van der Waals surface area contributed by atoms with Crippen molar-refractivity contribution in [3.63, 3.8) is 0 Å². The van der Waals surface area contributed by atoms with E-state index in [0.29, 0.717) is 16.3 Å². The number of halogens is 1. The average molecular weight is 347 g/mol. The fourth-order valence-corrected chi connectivity index (χ4v) is 2.38. The van der Waals surface area contributed by atoms with Crippen LogP contribution in [0.3, 0.4) is 0 Å². The molecule has 0 saturated heterocycles. The zero-order valence-corrected chi connectivity index (χ0v) is 14.2. The van der Waals surface area contributed by atoms with Gasteiger partial charge < -0.3 is 15.7 Å². The second-order valence-corrected chi connectivity index (χ2v) is 5.91. The van der Waals surface area contributed by atoms with Gasteiger partial charge in [-0.1, -0.05) is 41.9 Å². The molecular weight excluding hydrogens is 328 g/mol. The van der Waals surface area contributed by atoms with E-state index in [1.165, 1.54) is 0 Å². The maximum absolute atomic E-state index is 11.9. The van der Waals surface area contributed by atoms with Gasteiger partial charge in [-0.3, -0.25) is 9.59 Å². The summed E-state index contributed by atoms with van der Waals surface area (Å²) in [5.74, 6) is -1.63. The van der Waals surface area contributed by atoms with Crippen molar-refractivity contribution in [3.8, 4) is 0 Å². The number of amides is 2. The molecule has 0 saturated carbocycles. The molecule has 5 nitrogen and oxygen atoms in total. The van der Waals surface area contributed by atoms with Crippen molar-refractivity contribution in [2.24, 2.45) is 0 Å². The molecule has 1 atom stereocenters. The molecule has 0 heterocycles. The average Bonchev–Trinajstić information content (AvgIpc) is 2.56. The van der Waals surface area contributed by atoms with Crippen LogP contribution in [0.5, 0.6) is 0 Å². The van der Waals surface area contributed by atoms with Crippen molar-refractivity contribution in [2.75, 3.05) is 11.9 Å². The lowest BCUT2D eigenvalue weighted by molar-refractivity contribution is -0.136. The second kappa shape index (κ2) is 7.95. The molecule has 2 aromatic rings. The Labute approximate surface area is 145 Å². The van der Waals surface area contributed by atoms with E-state index in [1.807, 2.05) is 26.0 Å². The van der Waals surface area contributed by atoms with E-state index in [-0.39, 0.29) is 6.54 Å². The van der Waals surface area contributed by atoms with Crippen molar-refractivity contribution < 1.29 is 14.7 Å². The van der Waals surface area contributed by atoms with Gasteiger partial charge in [0.15, 0.2) is 0 Å². The predicted molar refractivity (Wildman–Crippen MR) is 94.0 cm³/mol. The van der Waals surface area contributed by atoms with Crippen LogP contribution in [0.15, 0.2) is 42.5 Å². The lowest BCUT2D eigenvalue weighted by Crippen LogP contribution is -2.37. The van der Waals surface area contributed by atoms with E-state index < -0.39 is 17.9 Å². The van der Waals surface area contributed by atoms with Gasteiger partial charge in [-0.15, -0.1) is 0 Å². The highest BCUT2D eigenvalue weighted by Crippen LogP contribution is 2.20. The Morgan fingerprint density at radius 2 is 1.79 bits per heavy atom. The topological polar surface area (TPSA) is 78.4 Å². The monoisotopic (exact) mass is 346 g/mol. The highest BCUT2D eigenvalue weighted by atomic mass is 35.5. The maximum atomic E-state index is 11.9. The summed E-state index contributed by atoms with van der Waals surface area (Å²) < 4.78 is 0. The van der Waals surface area contributed by atoms with E-state index in [2.05, 4.69) is 10.6 Å². The number of rotatable bonds is 4. The Hall–Kier alpha value is -2.37. The molecule has 0 bridgehead atoms. The van der Waals surface area contributed by atoms with Gasteiger partial charge in [0, 0.05) is 17.3 Å². The summed E-state index contributed by atoms with van der Waals surface area (Å²) in [6.07, 6.45) is -0.878. The first-order valence-electron chi connectivity index (χ1n) is 7.47. The van der Waals surface area contributed by atoms with Crippen molar-refractivity contribution in [3.05, 3.63) is 64.2 Å². The third-order valence-corrected chi connectivity index (χ3v) is 4.05. The molecular formula is C18H19ClN2O3. The minimum Gasteiger partial charge on any atom is -0.387 e. The molecule has 24 heavy (non-hydrogen) atoms. The number of aliphatic hydroxyl groups excluding tert-OH is 1. The highest BCUT2D eigenvalue weighted by molar-refractivity contribution is 6.39. The molecule has 126 valence electrons. The molecule has 2 aromatic carbocycles. The van der Waals surface area contributed by atoms with Gasteiger partial charge in [0.2, 0.25) is 0 Å². The Morgan fingerprint density at radius 3 is 2.46 bits per heavy atom. The van der Waals surface area contributed by atoms with Crippen LogP contribution in [-0.2, 0) is 9.59 Å². The molecule has 2 rings (SSSR count). The standard InChI is InChI=1S/C18H19ClN2O3/c1-11-5-3-4-6-14(11)16(22)10-20-17(23)18(24)21-13-8-7-12(2)15(19)9-13/h3-9,16,22H,10H2,1-2H3,(H,20,23)(H,21,24)/t16-/m1/s1. The summed E-state index contributed by atoms with van der Waals surface area (Å²) in [4.78, 5) is 23.7. The maximum Gasteiger partial charge on any atom is 0.313 e. The molecule has 0 aliphatic heterocycles. The first kappa shape index (κ1) is 18.0. The van der Waals surface area contributed by atoms with Crippen LogP contribution in [0.1, 0.15) is 22.8 Å². The zero-order valence-electron chi connectivity index (χ0n) is 13.5. The van der Waals surface area contributed by atoms with Gasteiger partial charge in [0.25, 0.3) is 0 Å². The quantitative estimate of drug-likeness (QED) is 0.745. The number of benzene rings is 2. The highest BCUT2D eigenvalue weighted by Gasteiger charge is 2.17. The second-order valence-electron chi connectivity index (χ2n) is 5.50. The molecule has 0 radical (unpaired) electrons. The van der Waals surface area contributed by atoms with Gasteiger partial charge in [0.1, 0.15) is 0 Å². The molecule has 0 aliphatic carbocycles. The number of carbonyl (C=O) groups excluding carboxylic acids is 2. The van der Waals surface area contributed by atoms with E-state index in [4.69, 9.17) is 11.6 Å². The number of hydrogen-bond donors (Lipinski definition) is 3. The summed E-state index contributed by atoms with van der Waals surface area (Å²) in [6.45, 7) is 3.66. The summed E-state index contributed by atoms with van der Waals surface area (Å²) in [5, 5.41) is 15.5. The normalized spacial score (nSPS) is 11.7. The minimum absolute atomic E-state index is 0.0498. The number of nitrogens with one attached hydrogen (secondary N) is 2. The number of hydrogen-bond acceptors (Lipinski definition) is 3. The van der Waals surface area contributed by atoms with E-state index in [0.717, 1.165) is 11.1 Å². The van der Waals surface area contributed by atoms with Crippen LogP contribution in [0.25, 0.3) is 0 Å². The third-order valence-electron chi connectivity index (χ3n) is 3.64. The van der Waals surface area contributed by atoms with E-state index in [9.17, 15) is 14.7 Å². The molecule has 0 aliphatic rings. The molecule has 0 fully saturated rings. The number of aliphatic hydroxyl groups is 1. The Bertz CT molecular complexity index is 762. The third kappa shape index (κ3) is 4.57. The summed E-state index contributed by atoms with van der Waals surface area (Å²) in [5.41, 5.74) is 2.94. The fourth-order valence-electron chi connectivity index (χ4n) is 2.20. The number of aryl methyl sites for hydroxylation is 2. The van der Waals surface area contributed by atoms with Gasteiger partial charge in [-0.05, 0) is 42.7 Å². The summed E-state index contributed by atoms with van der Waals surface area (Å²) in [6, 6.07) is 12.3. The number of anilines is 1. The SMILES string of the molecule is Cc1ccc(NC(=O)C(=O)NC[C@@H](O)c2ccccc2C)cc1Cl. The first-order chi connectivity index (χ1) is 11.4. The van der Waals surface area contributed by atoms with Crippen molar-refractivity contribution in [1.29, 1.82) is 0 Å². The zero-order chi connectivity index (χ0) is 17.7. The molecule has 0 unspecified atom stereocenters. The summed E-state index contributed by atoms with van der Waals surface area (Å²) in [7, 11) is 0. The van der Waals surface area contributed by atoms with Gasteiger partial charge in [0.05, 0.1) is 6.10 Å². The van der Waals surface area contributed by atoms with Gasteiger partial charge in [-0.2, -0.15) is 0 Å². The lowest BCUT2D eigenvalue weighted by atomic mass is 10.0. The molecule has 2 amide bonds. The van der Waals surface area contributed by atoms with E-state index in [1.54, 1.807) is 30.3 Å². The van der Waals surface area contributed by atoms with E-state index >= 15 is 0 Å². The number of carbonyl (C=O) groups is 2. The molecule has 0 spiro atoms. The van der Waals surface area contributed by atoms with Crippen molar-refractivity contribution >= 4 is 29.1 Å². The predicted octanol–water partition coefficient (Wildman–Crippen LogP) is 2.75. The largest absolute Gasteiger partial charge is 0.387 e. The lowest BCUT2D eigenvalue weighted by Gasteiger charge is -2.14. The van der Waals surface area contributed by atoms with Crippen LogP contribution >= 0.6 is 11.6 Å². The van der Waals surface area contributed by atoms with Crippen LogP contribution < -0.4 is 10.6 Å². The van der Waals surface area contributed by atoms with Crippen LogP contribution in [-0.4, -0.2) is 23.5 Å². The fraction of sp³-hybridized carbons (Fsp3) is 0.222. The molecule has 3 N–H and O–H groups in total. The Balaban J connectivity index is 1.91. The smallest absolute Gasteiger partial charge is 0.313 e. The van der Waals surface area contributed by atoms with Crippen LogP contribution in [0.2, 0.25) is 5.02 Å². The van der Waals surface area contributed by atoms with Crippen LogP contribution in [0, 0.1) is 13.8 Å². The first-order valence-corrected chi connectivity index (χ1v) is 7.85. The van der Waals surface area contributed by atoms with Gasteiger partial charge in [-0.25, -0.2) is 0 Å². The molecule has 0 aromatic heterocycles. The van der Waals surface area contributed by atoms with Crippen molar-refractivity contribution in [2.45, 2.75) is 20.0 Å². The Kier molecular flexibility index (Phi) is 5.95. The van der Waals surface area contributed by atoms with Crippen molar-refractivity contribution in [1.82, 2.24) is 5.32 Å².